The molecule has 25 heavy (non-hydrogen) atoms. The van der Waals surface area contributed by atoms with Crippen molar-refractivity contribution in [2.24, 2.45) is 0 Å². The maximum Gasteiger partial charge on any atom is 0.416 e. The van der Waals surface area contributed by atoms with Crippen molar-refractivity contribution in [3.05, 3.63) is 59.4 Å². The van der Waals surface area contributed by atoms with Gasteiger partial charge in [0.2, 0.25) is 5.91 Å². The summed E-state index contributed by atoms with van der Waals surface area (Å²) in [6, 6.07) is 7.75. The van der Waals surface area contributed by atoms with E-state index in [0.717, 1.165) is 12.1 Å². The lowest BCUT2D eigenvalue weighted by Crippen LogP contribution is -2.25. The van der Waals surface area contributed by atoms with E-state index in [1.54, 1.807) is 12.1 Å². The van der Waals surface area contributed by atoms with Crippen LogP contribution in [0.2, 0.25) is 0 Å². The first-order chi connectivity index (χ1) is 11.7. The number of alkyl halides is 3. The van der Waals surface area contributed by atoms with Crippen LogP contribution in [-0.4, -0.2) is 30.4 Å². The molecule has 1 aliphatic rings. The van der Waals surface area contributed by atoms with Crippen molar-refractivity contribution in [2.45, 2.75) is 17.8 Å². The molecule has 0 spiro atoms. The van der Waals surface area contributed by atoms with Crippen molar-refractivity contribution < 1.29 is 31.6 Å². The summed E-state index contributed by atoms with van der Waals surface area (Å²) in [6.07, 6.45) is -2.94. The van der Waals surface area contributed by atoms with E-state index in [-0.39, 0.29) is 0 Å². The van der Waals surface area contributed by atoms with Crippen molar-refractivity contribution in [3.63, 3.8) is 0 Å². The number of hydrogen-bond donors (Lipinski definition) is 0. The van der Waals surface area contributed by atoms with Crippen LogP contribution >= 0.6 is 7.60 Å². The van der Waals surface area contributed by atoms with Gasteiger partial charge < -0.3 is 9.05 Å². The van der Waals surface area contributed by atoms with Crippen LogP contribution in [0.5, 0.6) is 0 Å². The van der Waals surface area contributed by atoms with Gasteiger partial charge in [-0.3, -0.25) is 13.9 Å². The van der Waals surface area contributed by atoms with E-state index in [9.17, 15) is 22.5 Å². The lowest BCUT2D eigenvalue weighted by atomic mass is 9.93. The van der Waals surface area contributed by atoms with E-state index in [1.807, 2.05) is 0 Å². The smallest absolute Gasteiger partial charge is 0.311 e. The molecule has 3 rings (SSSR count). The molecule has 2 heterocycles. The second-order valence-electron chi connectivity index (χ2n) is 5.59. The van der Waals surface area contributed by atoms with E-state index < -0.39 is 36.8 Å². The maximum absolute atomic E-state index is 12.9. The molecule has 0 amide bonds. The van der Waals surface area contributed by atoms with Gasteiger partial charge in [0.05, 0.1) is 5.56 Å². The van der Waals surface area contributed by atoms with Gasteiger partial charge in [0, 0.05) is 32.0 Å². The molecule has 0 fully saturated rings. The molecule has 0 bridgehead atoms. The first-order valence-corrected chi connectivity index (χ1v) is 8.94. The van der Waals surface area contributed by atoms with Gasteiger partial charge in [-0.05, 0) is 29.8 Å². The molecule has 0 radical (unpaired) electrons. The molecule has 134 valence electrons. The number of nitrogens with zero attached hydrogens (tertiary/aromatic N) is 1. The summed E-state index contributed by atoms with van der Waals surface area (Å²) in [7, 11) is -1.44. The third-order valence-electron chi connectivity index (χ3n) is 4.35. The van der Waals surface area contributed by atoms with E-state index in [4.69, 9.17) is 9.05 Å². The molecular formula is C16H15F3NO4P. The highest BCUT2D eigenvalue weighted by atomic mass is 31.2. The van der Waals surface area contributed by atoms with E-state index in [1.165, 1.54) is 37.1 Å². The molecule has 1 aromatic heterocycles. The molecule has 0 saturated carbocycles. The topological polar surface area (TPSA) is 57.5 Å². The highest BCUT2D eigenvalue weighted by Crippen LogP contribution is 2.60. The summed E-state index contributed by atoms with van der Waals surface area (Å²) in [5, 5.41) is 0. The minimum absolute atomic E-state index is 0.429. The monoisotopic (exact) mass is 373 g/mol. The molecule has 0 saturated heterocycles. The van der Waals surface area contributed by atoms with Crippen LogP contribution in [0.25, 0.3) is 0 Å². The fraction of sp³-hybridized carbons (Fsp3) is 0.312. The molecule has 2 unspecified atom stereocenters. The lowest BCUT2D eigenvalue weighted by Gasteiger charge is -2.24. The number of benzene rings is 1. The summed E-state index contributed by atoms with van der Waals surface area (Å²) >= 11 is 0. The Kier molecular flexibility index (Phi) is 4.39. The third kappa shape index (κ3) is 2.84. The van der Waals surface area contributed by atoms with Crippen LogP contribution in [0.15, 0.2) is 42.6 Å². The van der Waals surface area contributed by atoms with Gasteiger partial charge in [-0.1, -0.05) is 12.1 Å². The Morgan fingerprint density at radius 1 is 1.08 bits per heavy atom. The van der Waals surface area contributed by atoms with Gasteiger partial charge in [0.15, 0.2) is 5.66 Å². The molecule has 2 aromatic rings. The minimum Gasteiger partial charge on any atom is -0.311 e. The summed E-state index contributed by atoms with van der Waals surface area (Å²) in [5.41, 5.74) is -0.994. The van der Waals surface area contributed by atoms with Crippen molar-refractivity contribution in [1.82, 2.24) is 4.57 Å². The molecule has 0 N–H and O–H groups in total. The average molecular weight is 373 g/mol. The predicted molar refractivity (Wildman–Crippen MR) is 83.8 cm³/mol. The van der Waals surface area contributed by atoms with Gasteiger partial charge in [0.25, 0.3) is 0 Å². The molecule has 1 aromatic carbocycles. The number of fused-ring (bicyclic) bond motifs is 1. The molecule has 0 aliphatic carbocycles. The van der Waals surface area contributed by atoms with Gasteiger partial charge in [0.1, 0.15) is 0 Å². The summed E-state index contributed by atoms with van der Waals surface area (Å²) in [6.45, 7) is 0. The average Bonchev–Trinajstić information content (AvgIpc) is 3.16. The van der Waals surface area contributed by atoms with E-state index >= 15 is 0 Å². The van der Waals surface area contributed by atoms with Crippen LogP contribution in [0.1, 0.15) is 27.5 Å². The number of halogens is 3. The van der Waals surface area contributed by atoms with Crippen molar-refractivity contribution in [3.8, 4) is 0 Å². The number of carbonyl (C=O) groups excluding carboxylic acids is 1. The third-order valence-corrected chi connectivity index (χ3v) is 6.57. The van der Waals surface area contributed by atoms with Crippen LogP contribution in [0, 0.1) is 0 Å². The van der Waals surface area contributed by atoms with Gasteiger partial charge >= 0.3 is 13.8 Å². The van der Waals surface area contributed by atoms with Crippen LogP contribution < -0.4 is 0 Å². The summed E-state index contributed by atoms with van der Waals surface area (Å²) in [4.78, 5) is 12.7. The quantitative estimate of drug-likeness (QED) is 0.756. The highest BCUT2D eigenvalue weighted by molar-refractivity contribution is 7.55. The predicted octanol–water partition coefficient (Wildman–Crippen LogP) is 4.15. The molecule has 2 atom stereocenters. The second kappa shape index (κ2) is 6.12. The number of rotatable bonds is 4. The zero-order valence-corrected chi connectivity index (χ0v) is 14.3. The van der Waals surface area contributed by atoms with Crippen LogP contribution in [0.4, 0.5) is 13.2 Å². The van der Waals surface area contributed by atoms with E-state index in [0.29, 0.717) is 11.3 Å². The normalized spacial score (nSPS) is 20.8. The Bertz CT molecular complexity index is 836. The Labute approximate surface area is 141 Å². The second-order valence-corrected chi connectivity index (χ2v) is 7.95. The highest BCUT2D eigenvalue weighted by Gasteiger charge is 2.52. The minimum atomic E-state index is -4.46. The van der Waals surface area contributed by atoms with Crippen molar-refractivity contribution >= 4 is 13.5 Å². The maximum atomic E-state index is 12.9. The Balaban J connectivity index is 2.11. The van der Waals surface area contributed by atoms with Crippen molar-refractivity contribution in [1.29, 1.82) is 0 Å². The van der Waals surface area contributed by atoms with Crippen LogP contribution in [-0.2, 0) is 19.8 Å². The Morgan fingerprint density at radius 3 is 2.20 bits per heavy atom. The fourth-order valence-corrected chi connectivity index (χ4v) is 4.84. The Morgan fingerprint density at radius 2 is 1.68 bits per heavy atom. The SMILES string of the molecule is COP(=O)(OC)C1C(=O)n2cccc2C1c1ccc(C(F)(F)F)cc1. The molecule has 5 nitrogen and oxygen atoms in total. The van der Waals surface area contributed by atoms with Gasteiger partial charge in [-0.15, -0.1) is 0 Å². The number of aromatic nitrogens is 1. The van der Waals surface area contributed by atoms with Crippen molar-refractivity contribution in [2.75, 3.05) is 14.2 Å². The first kappa shape index (κ1) is 17.9. The first-order valence-electron chi connectivity index (χ1n) is 7.32. The van der Waals surface area contributed by atoms with E-state index in [2.05, 4.69) is 0 Å². The zero-order valence-electron chi connectivity index (χ0n) is 13.4. The lowest BCUT2D eigenvalue weighted by molar-refractivity contribution is -0.137. The standard InChI is InChI=1S/C16H15F3NO4P/c1-23-25(22,24-2)14-13(12-4-3-9-20(12)15(14)21)10-5-7-11(8-6-10)16(17,18)19/h3-9,13-14H,1-2H3. The number of carbonyl (C=O) groups is 1. The Hall–Kier alpha value is -1.89. The molecule has 9 heteroatoms. The number of hydrogen-bond acceptors (Lipinski definition) is 4. The molecule has 1 aliphatic heterocycles. The fourth-order valence-electron chi connectivity index (χ4n) is 3.15. The summed E-state index contributed by atoms with van der Waals surface area (Å²) < 4.78 is 62.5. The largest absolute Gasteiger partial charge is 0.416 e. The summed E-state index contributed by atoms with van der Waals surface area (Å²) in [5.74, 6) is -1.20. The molecular weight excluding hydrogens is 358 g/mol. The van der Waals surface area contributed by atoms with Gasteiger partial charge in [-0.2, -0.15) is 13.2 Å². The van der Waals surface area contributed by atoms with Crippen LogP contribution in [0.3, 0.4) is 0 Å². The van der Waals surface area contributed by atoms with Gasteiger partial charge in [-0.25, -0.2) is 0 Å². The zero-order chi connectivity index (χ0) is 18.4.